The first-order valence-electron chi connectivity index (χ1n) is 6.62. The monoisotopic (exact) mass is 249 g/mol. The summed E-state index contributed by atoms with van der Waals surface area (Å²) in [4.78, 5) is 14.2. The summed E-state index contributed by atoms with van der Waals surface area (Å²) in [5.41, 5.74) is 4.87. The van der Waals surface area contributed by atoms with Crippen LogP contribution in [0.3, 0.4) is 0 Å². The highest BCUT2D eigenvalue weighted by molar-refractivity contribution is 6.32. The molecule has 19 heavy (non-hydrogen) atoms. The average molecular weight is 249 g/mol. The molecular weight excluding hydrogens is 233 g/mol. The molecule has 0 saturated carbocycles. The number of carbonyl (C=O) groups excluding carboxylic acids is 1. The number of hydrogen-bond donors (Lipinski definition) is 0. The summed E-state index contributed by atoms with van der Waals surface area (Å²) in [5, 5.41) is 0. The van der Waals surface area contributed by atoms with Crippen molar-refractivity contribution in [3.63, 3.8) is 0 Å². The lowest BCUT2D eigenvalue weighted by Crippen LogP contribution is -2.27. The van der Waals surface area contributed by atoms with E-state index in [2.05, 4.69) is 32.1 Å². The van der Waals surface area contributed by atoms with Crippen molar-refractivity contribution in [3.8, 4) is 0 Å². The van der Waals surface area contributed by atoms with Gasteiger partial charge in [0.25, 0.3) is 0 Å². The number of nitrogens with zero attached hydrogens (tertiary/aromatic N) is 1. The molecule has 0 spiro atoms. The minimum atomic E-state index is 0.208. The lowest BCUT2D eigenvalue weighted by atomic mass is 9.95. The molecule has 2 nitrogen and oxygen atoms in total. The van der Waals surface area contributed by atoms with E-state index < -0.39 is 0 Å². The molecule has 94 valence electrons. The Labute approximate surface area is 114 Å². The van der Waals surface area contributed by atoms with Gasteiger partial charge in [-0.15, -0.1) is 0 Å². The molecule has 1 amide bonds. The van der Waals surface area contributed by atoms with Gasteiger partial charge in [-0.05, 0) is 16.7 Å². The normalized spacial score (nSPS) is 13.4. The van der Waals surface area contributed by atoms with Gasteiger partial charge in [-0.2, -0.15) is 0 Å². The topological polar surface area (TPSA) is 20.3 Å². The van der Waals surface area contributed by atoms with E-state index in [1.165, 1.54) is 16.6 Å². The van der Waals surface area contributed by atoms with Crippen molar-refractivity contribution >= 4 is 19.2 Å². The van der Waals surface area contributed by atoms with Crippen LogP contribution in [-0.2, 0) is 24.3 Å². The first kappa shape index (κ1) is 12.0. The van der Waals surface area contributed by atoms with Crippen LogP contribution >= 0.6 is 0 Å². The molecule has 1 heterocycles. The molecule has 1 aliphatic rings. The fourth-order valence-corrected chi connectivity index (χ4v) is 2.50. The summed E-state index contributed by atoms with van der Waals surface area (Å²) in [7, 11) is 2.06. The average Bonchev–Trinajstić information content (AvgIpc) is 2.85. The maximum absolute atomic E-state index is 12.3. The first-order valence-corrected chi connectivity index (χ1v) is 6.62. The number of rotatable bonds is 2. The van der Waals surface area contributed by atoms with Crippen LogP contribution in [0.25, 0.3) is 0 Å². The fourth-order valence-electron chi connectivity index (χ4n) is 2.50. The molecule has 1 aliphatic heterocycles. The lowest BCUT2D eigenvalue weighted by molar-refractivity contribution is -0.131. The highest BCUT2D eigenvalue weighted by Crippen LogP contribution is 2.22. The number of amides is 1. The van der Waals surface area contributed by atoms with E-state index in [9.17, 15) is 4.79 Å². The maximum Gasteiger partial charge on any atom is 0.227 e. The second kappa shape index (κ2) is 4.92. The van der Waals surface area contributed by atoms with Crippen molar-refractivity contribution in [1.29, 1.82) is 0 Å². The Morgan fingerprint density at radius 2 is 1.58 bits per heavy atom. The maximum atomic E-state index is 12.3. The van der Waals surface area contributed by atoms with Gasteiger partial charge in [0, 0.05) is 13.1 Å². The van der Waals surface area contributed by atoms with Crippen LogP contribution in [0.5, 0.6) is 0 Å². The molecule has 0 N–H and O–H groups in total. The fraction of sp³-hybridized carbons (Fsp3) is 0.188. The molecule has 2 aromatic rings. The SMILES string of the molecule is Bc1ccc(CC(=O)N2Cc3ccccc3C2)cc1. The molecule has 0 fully saturated rings. The summed E-state index contributed by atoms with van der Waals surface area (Å²) in [5.74, 6) is 0.208. The molecule has 0 unspecified atom stereocenters. The van der Waals surface area contributed by atoms with E-state index in [0.29, 0.717) is 6.42 Å². The van der Waals surface area contributed by atoms with E-state index >= 15 is 0 Å². The van der Waals surface area contributed by atoms with Crippen LogP contribution in [0.2, 0.25) is 0 Å². The summed E-state index contributed by atoms with van der Waals surface area (Å²) in [6.45, 7) is 1.50. The molecule has 0 radical (unpaired) electrons. The number of fused-ring (bicyclic) bond motifs is 1. The van der Waals surface area contributed by atoms with Gasteiger partial charge in [-0.3, -0.25) is 4.79 Å². The lowest BCUT2D eigenvalue weighted by Gasteiger charge is -2.15. The zero-order valence-electron chi connectivity index (χ0n) is 11.1. The minimum Gasteiger partial charge on any atom is -0.334 e. The van der Waals surface area contributed by atoms with Crippen molar-refractivity contribution in [3.05, 3.63) is 65.2 Å². The van der Waals surface area contributed by atoms with Crippen molar-refractivity contribution in [2.45, 2.75) is 19.5 Å². The smallest absolute Gasteiger partial charge is 0.227 e. The molecular formula is C16H16BNO. The third-order valence-electron chi connectivity index (χ3n) is 3.67. The Balaban J connectivity index is 1.68. The molecule has 3 rings (SSSR count). The molecule has 0 aliphatic carbocycles. The van der Waals surface area contributed by atoms with Crippen LogP contribution < -0.4 is 5.46 Å². The van der Waals surface area contributed by atoms with E-state index in [0.717, 1.165) is 18.7 Å². The quantitative estimate of drug-likeness (QED) is 0.728. The molecule has 0 atom stereocenters. The predicted molar refractivity (Wildman–Crippen MR) is 79.0 cm³/mol. The Morgan fingerprint density at radius 3 is 2.16 bits per heavy atom. The van der Waals surface area contributed by atoms with Crippen molar-refractivity contribution in [1.82, 2.24) is 4.90 Å². The second-order valence-corrected chi connectivity index (χ2v) is 5.18. The van der Waals surface area contributed by atoms with Crippen molar-refractivity contribution in [2.75, 3.05) is 0 Å². The number of carbonyl (C=O) groups is 1. The first-order chi connectivity index (χ1) is 9.22. The third kappa shape index (κ3) is 2.55. The Morgan fingerprint density at radius 1 is 1.00 bits per heavy atom. The van der Waals surface area contributed by atoms with Crippen molar-refractivity contribution in [2.24, 2.45) is 0 Å². The second-order valence-electron chi connectivity index (χ2n) is 5.18. The van der Waals surface area contributed by atoms with Crippen LogP contribution in [0.4, 0.5) is 0 Å². The molecule has 0 aromatic heterocycles. The molecule has 3 heteroatoms. The summed E-state index contributed by atoms with van der Waals surface area (Å²) in [6.07, 6.45) is 0.494. The van der Waals surface area contributed by atoms with Gasteiger partial charge in [0.1, 0.15) is 7.85 Å². The molecule has 0 saturated heterocycles. The molecule has 0 bridgehead atoms. The van der Waals surface area contributed by atoms with Gasteiger partial charge in [0.15, 0.2) is 0 Å². The van der Waals surface area contributed by atoms with Crippen molar-refractivity contribution < 1.29 is 4.79 Å². The molecule has 2 aromatic carbocycles. The number of hydrogen-bond acceptors (Lipinski definition) is 1. The van der Waals surface area contributed by atoms with Crippen LogP contribution in [0.15, 0.2) is 48.5 Å². The Hall–Kier alpha value is -2.03. The van der Waals surface area contributed by atoms with E-state index in [4.69, 9.17) is 0 Å². The van der Waals surface area contributed by atoms with Gasteiger partial charge in [-0.1, -0.05) is 54.0 Å². The van der Waals surface area contributed by atoms with Crippen LogP contribution in [0.1, 0.15) is 16.7 Å². The summed E-state index contributed by atoms with van der Waals surface area (Å²) >= 11 is 0. The van der Waals surface area contributed by atoms with Gasteiger partial charge >= 0.3 is 0 Å². The predicted octanol–water partition coefficient (Wildman–Crippen LogP) is 1.03. The van der Waals surface area contributed by atoms with Gasteiger partial charge in [0.05, 0.1) is 6.42 Å². The largest absolute Gasteiger partial charge is 0.334 e. The minimum absolute atomic E-state index is 0.208. The zero-order chi connectivity index (χ0) is 13.2. The third-order valence-corrected chi connectivity index (χ3v) is 3.67. The van der Waals surface area contributed by atoms with Gasteiger partial charge < -0.3 is 4.90 Å². The van der Waals surface area contributed by atoms with Crippen LogP contribution in [0, 0.1) is 0 Å². The van der Waals surface area contributed by atoms with E-state index in [1.807, 2.05) is 29.2 Å². The highest BCUT2D eigenvalue weighted by Gasteiger charge is 2.22. The summed E-state index contributed by atoms with van der Waals surface area (Å²) in [6, 6.07) is 16.5. The zero-order valence-corrected chi connectivity index (χ0v) is 11.1. The Bertz CT molecular complexity index is 581. The number of benzene rings is 2. The van der Waals surface area contributed by atoms with Gasteiger partial charge in [0.2, 0.25) is 5.91 Å². The standard InChI is InChI=1S/C16H16BNO/c17-15-7-5-12(6-8-15)9-16(19)18-10-13-3-1-2-4-14(13)11-18/h1-8H,9-11,17H2. The highest BCUT2D eigenvalue weighted by atomic mass is 16.2. The van der Waals surface area contributed by atoms with E-state index in [-0.39, 0.29) is 5.91 Å². The van der Waals surface area contributed by atoms with Crippen LogP contribution in [-0.4, -0.2) is 18.7 Å². The van der Waals surface area contributed by atoms with Gasteiger partial charge in [-0.25, -0.2) is 0 Å². The van der Waals surface area contributed by atoms with E-state index in [1.54, 1.807) is 0 Å². The summed E-state index contributed by atoms with van der Waals surface area (Å²) < 4.78 is 0. The Kier molecular flexibility index (Phi) is 3.12.